The number of ether oxygens (including phenoxy) is 4. The van der Waals surface area contributed by atoms with Crippen molar-refractivity contribution in [2.75, 3.05) is 13.7 Å². The van der Waals surface area contributed by atoms with Crippen LogP contribution in [0.3, 0.4) is 0 Å². The standard InChI is InChI=1S/C20H24N2O8/c1-20(2)29-15-13(9-23)28-18(16(15)30-20)22-8-12(17(25)21-19(22)26)14(24)10-4-6-11(27-3)7-5-10/h4-8,13-16,18,23-24H,9H2,1-3H3,(H,21,25,26)/t13-,14?,15-,16-,18-/m1/s1. The van der Waals surface area contributed by atoms with E-state index in [1.54, 1.807) is 38.1 Å². The quantitative estimate of drug-likeness (QED) is 0.618. The molecule has 5 atom stereocenters. The third-order valence-electron chi connectivity index (χ3n) is 5.30. The highest BCUT2D eigenvalue weighted by molar-refractivity contribution is 5.32. The molecule has 1 unspecified atom stereocenters. The maximum absolute atomic E-state index is 12.5. The summed E-state index contributed by atoms with van der Waals surface area (Å²) in [5.74, 6) is -0.312. The average Bonchev–Trinajstić information content (AvgIpc) is 3.20. The second-order valence-electron chi connectivity index (χ2n) is 7.74. The fourth-order valence-electron chi connectivity index (χ4n) is 3.88. The van der Waals surface area contributed by atoms with Gasteiger partial charge in [-0.2, -0.15) is 0 Å². The summed E-state index contributed by atoms with van der Waals surface area (Å²) in [6.07, 6.45) is -2.92. The molecular formula is C20H24N2O8. The summed E-state index contributed by atoms with van der Waals surface area (Å²) in [5.41, 5.74) is -1.02. The van der Waals surface area contributed by atoms with E-state index in [1.165, 1.54) is 13.3 Å². The summed E-state index contributed by atoms with van der Waals surface area (Å²) >= 11 is 0. The van der Waals surface area contributed by atoms with Crippen molar-refractivity contribution in [2.24, 2.45) is 0 Å². The van der Waals surface area contributed by atoms with E-state index in [2.05, 4.69) is 4.98 Å². The number of fused-ring (bicyclic) bond motifs is 1. The van der Waals surface area contributed by atoms with Gasteiger partial charge in [0, 0.05) is 6.20 Å². The molecule has 2 fully saturated rings. The van der Waals surface area contributed by atoms with Crippen LogP contribution in [0.2, 0.25) is 0 Å². The van der Waals surface area contributed by atoms with Crippen molar-refractivity contribution in [2.45, 2.75) is 50.3 Å². The summed E-state index contributed by atoms with van der Waals surface area (Å²) in [6.45, 7) is 3.13. The van der Waals surface area contributed by atoms with Gasteiger partial charge in [0.25, 0.3) is 5.56 Å². The molecule has 0 amide bonds. The van der Waals surface area contributed by atoms with Crippen LogP contribution >= 0.6 is 0 Å². The number of aromatic nitrogens is 2. The Morgan fingerprint density at radius 3 is 2.50 bits per heavy atom. The van der Waals surface area contributed by atoms with E-state index in [-0.39, 0.29) is 12.2 Å². The number of H-pyrrole nitrogens is 1. The zero-order valence-electron chi connectivity index (χ0n) is 16.8. The topological polar surface area (TPSA) is 132 Å². The Hall–Kier alpha value is -2.50. The maximum atomic E-state index is 12.5. The number of aromatic amines is 1. The molecule has 2 aliphatic heterocycles. The number of aliphatic hydroxyl groups is 2. The number of hydrogen-bond donors (Lipinski definition) is 3. The van der Waals surface area contributed by atoms with E-state index in [0.29, 0.717) is 11.3 Å². The van der Waals surface area contributed by atoms with Crippen LogP contribution in [0.4, 0.5) is 0 Å². The minimum atomic E-state index is -1.28. The Kier molecular flexibility index (Phi) is 5.28. The van der Waals surface area contributed by atoms with Crippen molar-refractivity contribution in [3.63, 3.8) is 0 Å². The highest BCUT2D eigenvalue weighted by Gasteiger charge is 2.56. The summed E-state index contributed by atoms with van der Waals surface area (Å²) in [7, 11) is 1.52. The number of aliphatic hydroxyl groups excluding tert-OH is 2. The van der Waals surface area contributed by atoms with Gasteiger partial charge in [-0.1, -0.05) is 12.1 Å². The Morgan fingerprint density at radius 2 is 1.87 bits per heavy atom. The van der Waals surface area contributed by atoms with E-state index >= 15 is 0 Å². The van der Waals surface area contributed by atoms with Crippen molar-refractivity contribution >= 4 is 0 Å². The molecule has 2 aliphatic rings. The smallest absolute Gasteiger partial charge is 0.330 e. The SMILES string of the molecule is COc1ccc(C(O)c2cn([C@@H]3O[C@H](CO)[C@H]4OC(C)(C)O[C@H]43)c(=O)[nH]c2=O)cc1. The second-order valence-corrected chi connectivity index (χ2v) is 7.74. The van der Waals surface area contributed by atoms with E-state index in [4.69, 9.17) is 18.9 Å². The summed E-state index contributed by atoms with van der Waals surface area (Å²) < 4.78 is 23.7. The van der Waals surface area contributed by atoms with Gasteiger partial charge in [-0.15, -0.1) is 0 Å². The zero-order chi connectivity index (χ0) is 21.6. The molecule has 30 heavy (non-hydrogen) atoms. The van der Waals surface area contributed by atoms with Gasteiger partial charge in [-0.25, -0.2) is 4.79 Å². The first-order chi connectivity index (χ1) is 14.2. The van der Waals surface area contributed by atoms with E-state index < -0.39 is 47.7 Å². The molecule has 10 heteroatoms. The molecule has 0 radical (unpaired) electrons. The lowest BCUT2D eigenvalue weighted by atomic mass is 10.0. The molecule has 0 saturated carbocycles. The van der Waals surface area contributed by atoms with Crippen LogP contribution in [0, 0.1) is 0 Å². The molecule has 0 bridgehead atoms. The third-order valence-corrected chi connectivity index (χ3v) is 5.30. The van der Waals surface area contributed by atoms with Gasteiger partial charge in [0.05, 0.1) is 19.3 Å². The number of methoxy groups -OCH3 is 1. The minimum absolute atomic E-state index is 0.0365. The monoisotopic (exact) mass is 420 g/mol. The van der Waals surface area contributed by atoms with Gasteiger partial charge < -0.3 is 29.2 Å². The Morgan fingerprint density at radius 1 is 1.20 bits per heavy atom. The number of rotatable bonds is 5. The van der Waals surface area contributed by atoms with Gasteiger partial charge >= 0.3 is 5.69 Å². The predicted octanol–water partition coefficient (Wildman–Crippen LogP) is 0.0367. The molecule has 1 aromatic carbocycles. The van der Waals surface area contributed by atoms with Gasteiger partial charge in [-0.3, -0.25) is 14.3 Å². The first-order valence-electron chi connectivity index (χ1n) is 9.53. The predicted molar refractivity (Wildman–Crippen MR) is 103 cm³/mol. The first kappa shape index (κ1) is 20.8. The summed E-state index contributed by atoms with van der Waals surface area (Å²) in [5, 5.41) is 20.4. The number of benzene rings is 1. The van der Waals surface area contributed by atoms with Crippen LogP contribution in [0.5, 0.6) is 5.75 Å². The van der Waals surface area contributed by atoms with Gasteiger partial charge in [-0.05, 0) is 31.5 Å². The van der Waals surface area contributed by atoms with Crippen molar-refractivity contribution < 1.29 is 29.2 Å². The lowest BCUT2D eigenvalue weighted by molar-refractivity contribution is -0.200. The third kappa shape index (κ3) is 3.57. The molecule has 0 spiro atoms. The fraction of sp³-hybridized carbons (Fsp3) is 0.500. The molecular weight excluding hydrogens is 396 g/mol. The molecule has 0 aliphatic carbocycles. The molecule has 3 heterocycles. The molecule has 10 nitrogen and oxygen atoms in total. The van der Waals surface area contributed by atoms with Crippen LogP contribution in [0.15, 0.2) is 40.1 Å². The largest absolute Gasteiger partial charge is 0.497 e. The lowest BCUT2D eigenvalue weighted by Gasteiger charge is -2.24. The second kappa shape index (κ2) is 7.64. The van der Waals surface area contributed by atoms with E-state index in [9.17, 15) is 19.8 Å². The normalized spacial score (nSPS) is 28.3. The molecule has 162 valence electrons. The minimum Gasteiger partial charge on any atom is -0.497 e. The van der Waals surface area contributed by atoms with Crippen LogP contribution in [0.25, 0.3) is 0 Å². The van der Waals surface area contributed by atoms with Gasteiger partial charge in [0.15, 0.2) is 12.0 Å². The molecule has 4 rings (SSSR count). The number of nitrogens with zero attached hydrogens (tertiary/aromatic N) is 1. The average molecular weight is 420 g/mol. The Labute approximate surface area is 171 Å². The van der Waals surface area contributed by atoms with Crippen molar-refractivity contribution in [1.29, 1.82) is 0 Å². The van der Waals surface area contributed by atoms with Gasteiger partial charge in [0.2, 0.25) is 0 Å². The van der Waals surface area contributed by atoms with Crippen LogP contribution < -0.4 is 16.0 Å². The van der Waals surface area contributed by atoms with Crippen molar-refractivity contribution in [3.8, 4) is 5.75 Å². The molecule has 1 aromatic heterocycles. The van der Waals surface area contributed by atoms with Crippen molar-refractivity contribution in [3.05, 3.63) is 62.4 Å². The number of hydrogen-bond acceptors (Lipinski definition) is 8. The van der Waals surface area contributed by atoms with Gasteiger partial charge in [0.1, 0.15) is 30.2 Å². The highest BCUT2D eigenvalue weighted by Crippen LogP contribution is 2.42. The first-order valence-corrected chi connectivity index (χ1v) is 9.53. The molecule has 3 N–H and O–H groups in total. The number of nitrogens with one attached hydrogen (secondary N) is 1. The zero-order valence-corrected chi connectivity index (χ0v) is 16.8. The van der Waals surface area contributed by atoms with E-state index in [1.807, 2.05) is 0 Å². The Balaban J connectivity index is 1.71. The lowest BCUT2D eigenvalue weighted by Crippen LogP contribution is -2.39. The highest BCUT2D eigenvalue weighted by atomic mass is 16.8. The van der Waals surface area contributed by atoms with Crippen LogP contribution in [-0.2, 0) is 14.2 Å². The molecule has 2 aromatic rings. The molecule has 2 saturated heterocycles. The van der Waals surface area contributed by atoms with Crippen LogP contribution in [-0.4, -0.2) is 57.6 Å². The van der Waals surface area contributed by atoms with E-state index in [0.717, 1.165) is 4.57 Å². The van der Waals surface area contributed by atoms with Crippen LogP contribution in [0.1, 0.15) is 37.3 Å². The fourth-order valence-corrected chi connectivity index (χ4v) is 3.88. The Bertz CT molecular complexity index is 1030. The summed E-state index contributed by atoms with van der Waals surface area (Å²) in [6, 6.07) is 6.56. The summed E-state index contributed by atoms with van der Waals surface area (Å²) in [4.78, 5) is 27.2. The van der Waals surface area contributed by atoms with Crippen molar-refractivity contribution in [1.82, 2.24) is 9.55 Å². The maximum Gasteiger partial charge on any atom is 0.330 e.